The van der Waals surface area contributed by atoms with Gasteiger partial charge >= 0.3 is 16.3 Å². The Hall–Kier alpha value is -1.80. The Labute approximate surface area is 112 Å². The van der Waals surface area contributed by atoms with Crippen molar-refractivity contribution < 1.29 is 17.9 Å². The number of ether oxygens (including phenoxy) is 1. The zero-order valence-corrected chi connectivity index (χ0v) is 11.5. The number of carbonyl (C=O) groups is 1. The summed E-state index contributed by atoms with van der Waals surface area (Å²) in [6, 6.07) is 6.26. The first-order chi connectivity index (χ1) is 8.84. The molecule has 0 aliphatic heterocycles. The van der Waals surface area contributed by atoms with Crippen LogP contribution < -0.4 is 15.2 Å². The molecular weight excluding hydrogens is 270 g/mol. The number of carbonyl (C=O) groups excluding carboxylic acids is 1. The largest absolute Gasteiger partial charge is 0.449 e. The lowest BCUT2D eigenvalue weighted by atomic mass is 10.1. The number of nitrogens with one attached hydrogen (secondary N) is 2. The second kappa shape index (κ2) is 6.39. The van der Waals surface area contributed by atoms with Gasteiger partial charge in [0.2, 0.25) is 0 Å². The topological polar surface area (TPSA) is 111 Å². The van der Waals surface area contributed by atoms with Gasteiger partial charge in [0, 0.05) is 11.7 Å². The molecule has 1 amide bonds. The van der Waals surface area contributed by atoms with Gasteiger partial charge in [-0.05, 0) is 31.5 Å². The first-order valence-electron chi connectivity index (χ1n) is 5.66. The van der Waals surface area contributed by atoms with Gasteiger partial charge in [-0.25, -0.2) is 9.52 Å². The molecular formula is C11H17N3O4S. The summed E-state index contributed by atoms with van der Waals surface area (Å²) in [6.07, 6.45) is -1.02. The van der Waals surface area contributed by atoms with Crippen molar-refractivity contribution >= 4 is 22.0 Å². The SMILES string of the molecule is CCOC(=O)NS(=O)(=O)NC(C)c1cccc(N)c1. The van der Waals surface area contributed by atoms with Gasteiger partial charge in [-0.3, -0.25) is 0 Å². The highest BCUT2D eigenvalue weighted by Gasteiger charge is 2.18. The van der Waals surface area contributed by atoms with Crippen LogP contribution in [0.15, 0.2) is 24.3 Å². The summed E-state index contributed by atoms with van der Waals surface area (Å²) in [4.78, 5) is 11.1. The Morgan fingerprint density at radius 1 is 1.47 bits per heavy atom. The van der Waals surface area contributed by atoms with Crippen LogP contribution in [0.25, 0.3) is 0 Å². The van der Waals surface area contributed by atoms with Gasteiger partial charge in [-0.1, -0.05) is 12.1 Å². The smallest absolute Gasteiger partial charge is 0.421 e. The van der Waals surface area contributed by atoms with E-state index in [1.165, 1.54) is 0 Å². The number of hydrogen-bond donors (Lipinski definition) is 3. The van der Waals surface area contributed by atoms with Gasteiger partial charge in [-0.15, -0.1) is 0 Å². The molecule has 106 valence electrons. The number of hydrogen-bond acceptors (Lipinski definition) is 5. The van der Waals surface area contributed by atoms with Gasteiger partial charge in [-0.2, -0.15) is 13.1 Å². The van der Waals surface area contributed by atoms with E-state index in [0.29, 0.717) is 11.3 Å². The summed E-state index contributed by atoms with van der Waals surface area (Å²) >= 11 is 0. The molecule has 4 N–H and O–H groups in total. The molecule has 0 aliphatic rings. The highest BCUT2D eigenvalue weighted by atomic mass is 32.2. The second-order valence-electron chi connectivity index (χ2n) is 3.84. The summed E-state index contributed by atoms with van der Waals surface area (Å²) in [5.74, 6) is 0. The van der Waals surface area contributed by atoms with Gasteiger partial charge in [0.25, 0.3) is 0 Å². The normalized spacial score (nSPS) is 12.7. The van der Waals surface area contributed by atoms with Crippen LogP contribution in [0.4, 0.5) is 10.5 Å². The van der Waals surface area contributed by atoms with Crippen LogP contribution in [-0.2, 0) is 14.9 Å². The summed E-state index contributed by atoms with van der Waals surface area (Å²) in [5.41, 5.74) is 6.83. The van der Waals surface area contributed by atoms with Crippen LogP contribution in [0.2, 0.25) is 0 Å². The van der Waals surface area contributed by atoms with Crippen molar-refractivity contribution in [2.24, 2.45) is 0 Å². The molecule has 1 rings (SSSR count). The third-order valence-electron chi connectivity index (χ3n) is 2.24. The second-order valence-corrected chi connectivity index (χ2v) is 5.28. The molecule has 19 heavy (non-hydrogen) atoms. The van der Waals surface area contributed by atoms with E-state index < -0.39 is 22.3 Å². The Bertz CT molecular complexity index is 545. The van der Waals surface area contributed by atoms with E-state index in [2.05, 4.69) is 9.46 Å². The summed E-state index contributed by atoms with van der Waals surface area (Å²) in [6.45, 7) is 3.31. The molecule has 0 spiro atoms. The lowest BCUT2D eigenvalue weighted by molar-refractivity contribution is 0.158. The maximum absolute atomic E-state index is 11.6. The third kappa shape index (κ3) is 5.14. The van der Waals surface area contributed by atoms with E-state index in [0.717, 1.165) is 0 Å². The third-order valence-corrected chi connectivity index (χ3v) is 3.33. The maximum atomic E-state index is 11.6. The van der Waals surface area contributed by atoms with Crippen molar-refractivity contribution in [3.63, 3.8) is 0 Å². The van der Waals surface area contributed by atoms with Crippen LogP contribution in [0.1, 0.15) is 25.5 Å². The molecule has 7 nitrogen and oxygen atoms in total. The van der Waals surface area contributed by atoms with Crippen molar-refractivity contribution in [2.45, 2.75) is 19.9 Å². The highest BCUT2D eigenvalue weighted by Crippen LogP contribution is 2.15. The van der Waals surface area contributed by atoms with Crippen LogP contribution in [0.5, 0.6) is 0 Å². The van der Waals surface area contributed by atoms with Crippen LogP contribution in [0, 0.1) is 0 Å². The first-order valence-corrected chi connectivity index (χ1v) is 7.14. The zero-order valence-electron chi connectivity index (χ0n) is 10.7. The number of rotatable bonds is 5. The van der Waals surface area contributed by atoms with Crippen molar-refractivity contribution in [1.29, 1.82) is 0 Å². The van der Waals surface area contributed by atoms with E-state index >= 15 is 0 Å². The minimum Gasteiger partial charge on any atom is -0.449 e. The van der Waals surface area contributed by atoms with E-state index in [-0.39, 0.29) is 6.61 Å². The van der Waals surface area contributed by atoms with Gasteiger partial charge in [0.15, 0.2) is 0 Å². The van der Waals surface area contributed by atoms with Gasteiger partial charge in [0.1, 0.15) is 0 Å². The van der Waals surface area contributed by atoms with Crippen molar-refractivity contribution in [3.05, 3.63) is 29.8 Å². The number of benzene rings is 1. The number of anilines is 1. The predicted molar refractivity (Wildman–Crippen MR) is 71.5 cm³/mol. The number of nitrogen functional groups attached to an aromatic ring is 1. The molecule has 0 fully saturated rings. The average Bonchev–Trinajstić information content (AvgIpc) is 2.27. The summed E-state index contributed by atoms with van der Waals surface area (Å²) in [7, 11) is -3.98. The van der Waals surface area contributed by atoms with Gasteiger partial charge < -0.3 is 10.5 Å². The molecule has 1 aromatic rings. The quantitative estimate of drug-likeness (QED) is 0.697. The molecule has 1 atom stereocenters. The predicted octanol–water partition coefficient (Wildman–Crippen LogP) is 0.910. The summed E-state index contributed by atoms with van der Waals surface area (Å²) in [5, 5.41) is 0. The molecule has 0 aliphatic carbocycles. The Morgan fingerprint density at radius 2 is 2.16 bits per heavy atom. The fourth-order valence-corrected chi connectivity index (χ4v) is 2.37. The summed E-state index contributed by atoms with van der Waals surface area (Å²) < 4.78 is 31.8. The first kappa shape index (κ1) is 15.3. The lowest BCUT2D eigenvalue weighted by Gasteiger charge is -2.15. The zero-order chi connectivity index (χ0) is 14.5. The van der Waals surface area contributed by atoms with Gasteiger partial charge in [0.05, 0.1) is 6.61 Å². The van der Waals surface area contributed by atoms with Crippen molar-refractivity contribution in [3.8, 4) is 0 Å². The maximum Gasteiger partial charge on any atom is 0.421 e. The number of amides is 1. The fraction of sp³-hybridized carbons (Fsp3) is 0.364. The Morgan fingerprint density at radius 3 is 2.74 bits per heavy atom. The molecule has 0 saturated heterocycles. The van der Waals surface area contributed by atoms with Crippen molar-refractivity contribution in [2.75, 3.05) is 12.3 Å². The van der Waals surface area contributed by atoms with Crippen LogP contribution in [0.3, 0.4) is 0 Å². The molecule has 8 heteroatoms. The number of nitrogens with two attached hydrogens (primary N) is 1. The van der Waals surface area contributed by atoms with E-state index in [1.54, 1.807) is 42.8 Å². The lowest BCUT2D eigenvalue weighted by Crippen LogP contribution is -2.41. The van der Waals surface area contributed by atoms with E-state index in [4.69, 9.17) is 5.73 Å². The Balaban J connectivity index is 2.70. The standard InChI is InChI=1S/C11H17N3O4S/c1-3-18-11(15)14-19(16,17)13-8(2)9-5-4-6-10(12)7-9/h4-8,13H,3,12H2,1-2H3,(H,14,15). The van der Waals surface area contributed by atoms with Crippen LogP contribution >= 0.6 is 0 Å². The monoisotopic (exact) mass is 287 g/mol. The molecule has 0 aromatic heterocycles. The Kier molecular flexibility index (Phi) is 5.13. The van der Waals surface area contributed by atoms with E-state index in [9.17, 15) is 13.2 Å². The molecule has 0 saturated carbocycles. The molecule has 0 radical (unpaired) electrons. The molecule has 0 heterocycles. The van der Waals surface area contributed by atoms with E-state index in [1.807, 2.05) is 0 Å². The minimum atomic E-state index is -3.98. The molecule has 0 bridgehead atoms. The molecule has 1 aromatic carbocycles. The average molecular weight is 287 g/mol. The minimum absolute atomic E-state index is 0.0894. The fourth-order valence-electron chi connectivity index (χ4n) is 1.43. The highest BCUT2D eigenvalue weighted by molar-refractivity contribution is 7.88. The van der Waals surface area contributed by atoms with Crippen LogP contribution in [-0.4, -0.2) is 21.1 Å². The van der Waals surface area contributed by atoms with Crippen molar-refractivity contribution in [1.82, 2.24) is 9.44 Å². The molecule has 1 unspecified atom stereocenters.